The van der Waals surface area contributed by atoms with Crippen LogP contribution in [0, 0.1) is 16.0 Å². The maximum Gasteiger partial charge on any atom is 0.288 e. The first-order valence-electron chi connectivity index (χ1n) is 8.42. The molecule has 0 bridgehead atoms. The summed E-state index contributed by atoms with van der Waals surface area (Å²) in [5.74, 6) is -1.16. The van der Waals surface area contributed by atoms with Gasteiger partial charge in [-0.1, -0.05) is 25.4 Å². The smallest absolute Gasteiger partial charge is 0.288 e. The van der Waals surface area contributed by atoms with Gasteiger partial charge < -0.3 is 10.6 Å². The largest absolute Gasteiger partial charge is 0.340 e. The molecule has 0 saturated heterocycles. The molecule has 9 heteroatoms. The lowest BCUT2D eigenvalue weighted by Gasteiger charge is -2.22. The molecule has 2 N–H and O–H groups in total. The van der Waals surface area contributed by atoms with E-state index in [2.05, 4.69) is 10.6 Å². The van der Waals surface area contributed by atoms with Gasteiger partial charge in [0.2, 0.25) is 5.91 Å². The van der Waals surface area contributed by atoms with Crippen molar-refractivity contribution in [1.82, 2.24) is 5.32 Å². The van der Waals surface area contributed by atoms with E-state index in [-0.39, 0.29) is 28.1 Å². The monoisotopic (exact) mass is 421 g/mol. The van der Waals surface area contributed by atoms with Crippen molar-refractivity contribution in [1.29, 1.82) is 0 Å². The number of hydrogen-bond acceptors (Lipinski definition) is 5. The summed E-state index contributed by atoms with van der Waals surface area (Å²) in [4.78, 5) is 36.6. The van der Waals surface area contributed by atoms with Crippen LogP contribution >= 0.6 is 23.4 Å². The average molecular weight is 422 g/mol. The van der Waals surface area contributed by atoms with E-state index in [1.54, 1.807) is 37.7 Å². The van der Waals surface area contributed by atoms with Crippen LogP contribution in [0.1, 0.15) is 24.2 Å². The van der Waals surface area contributed by atoms with Crippen LogP contribution in [0.5, 0.6) is 0 Å². The van der Waals surface area contributed by atoms with Gasteiger partial charge in [-0.25, -0.2) is 0 Å². The van der Waals surface area contributed by atoms with Gasteiger partial charge in [0, 0.05) is 22.2 Å². The fourth-order valence-corrected chi connectivity index (χ4v) is 3.04. The Kier molecular flexibility index (Phi) is 7.42. The van der Waals surface area contributed by atoms with Crippen molar-refractivity contribution < 1.29 is 14.5 Å². The number of nitrogens with one attached hydrogen (secondary N) is 2. The van der Waals surface area contributed by atoms with Gasteiger partial charge in [0.05, 0.1) is 4.92 Å². The van der Waals surface area contributed by atoms with E-state index in [0.717, 1.165) is 11.0 Å². The van der Waals surface area contributed by atoms with Gasteiger partial charge in [-0.05, 0) is 48.6 Å². The zero-order valence-electron chi connectivity index (χ0n) is 15.6. The number of carbonyl (C=O) groups excluding carboxylic acids is 2. The average Bonchev–Trinajstić information content (AvgIpc) is 2.66. The fourth-order valence-electron chi connectivity index (χ4n) is 2.45. The van der Waals surface area contributed by atoms with Gasteiger partial charge in [-0.3, -0.25) is 19.7 Å². The van der Waals surface area contributed by atoms with E-state index in [4.69, 9.17) is 11.6 Å². The summed E-state index contributed by atoms with van der Waals surface area (Å²) < 4.78 is 0. The molecule has 0 radical (unpaired) electrons. The van der Waals surface area contributed by atoms with Crippen LogP contribution < -0.4 is 10.6 Å². The summed E-state index contributed by atoms with van der Waals surface area (Å²) in [6.45, 7) is 3.59. The number of nitro benzene ring substituents is 1. The van der Waals surface area contributed by atoms with E-state index in [1.165, 1.54) is 12.1 Å². The minimum Gasteiger partial charge on any atom is -0.340 e. The molecular formula is C19H20ClN3O4S. The Morgan fingerprint density at radius 3 is 2.32 bits per heavy atom. The lowest BCUT2D eigenvalue weighted by molar-refractivity contribution is -0.384. The van der Waals surface area contributed by atoms with Crippen molar-refractivity contribution in [2.75, 3.05) is 11.6 Å². The number of carbonyl (C=O) groups is 2. The number of halogens is 1. The molecule has 0 spiro atoms. The zero-order chi connectivity index (χ0) is 20.8. The SMILES string of the molecule is CSc1ccc(NC(=O)[C@@H](NC(=O)c2ccc(Cl)c([N+](=O)[O-])c2)C(C)C)cc1. The molecule has 0 aliphatic carbocycles. The first-order chi connectivity index (χ1) is 13.2. The number of amides is 2. The van der Waals surface area contributed by atoms with E-state index in [1.807, 2.05) is 18.4 Å². The van der Waals surface area contributed by atoms with E-state index < -0.39 is 16.9 Å². The Morgan fingerprint density at radius 2 is 1.79 bits per heavy atom. The Labute approximate surface area is 172 Å². The van der Waals surface area contributed by atoms with E-state index in [0.29, 0.717) is 5.69 Å². The summed E-state index contributed by atoms with van der Waals surface area (Å²) in [7, 11) is 0. The molecule has 2 amide bonds. The normalized spacial score (nSPS) is 11.8. The van der Waals surface area contributed by atoms with Crippen molar-refractivity contribution in [3.05, 3.63) is 63.2 Å². The van der Waals surface area contributed by atoms with Gasteiger partial charge in [0.15, 0.2) is 0 Å². The van der Waals surface area contributed by atoms with Crippen LogP contribution in [0.25, 0.3) is 0 Å². The lowest BCUT2D eigenvalue weighted by Crippen LogP contribution is -2.47. The van der Waals surface area contributed by atoms with E-state index in [9.17, 15) is 19.7 Å². The van der Waals surface area contributed by atoms with Gasteiger partial charge in [-0.15, -0.1) is 11.8 Å². The molecule has 0 aliphatic heterocycles. The summed E-state index contributed by atoms with van der Waals surface area (Å²) in [6.07, 6.45) is 1.96. The second-order valence-corrected chi connectivity index (χ2v) is 7.62. The number of nitrogens with zero attached hydrogens (tertiary/aromatic N) is 1. The highest BCUT2D eigenvalue weighted by molar-refractivity contribution is 7.98. The molecule has 7 nitrogen and oxygen atoms in total. The molecule has 28 heavy (non-hydrogen) atoms. The molecule has 0 unspecified atom stereocenters. The van der Waals surface area contributed by atoms with Crippen LogP contribution in [0.2, 0.25) is 5.02 Å². The molecule has 0 aromatic heterocycles. The molecule has 2 rings (SSSR count). The highest BCUT2D eigenvalue weighted by Crippen LogP contribution is 2.25. The van der Waals surface area contributed by atoms with Gasteiger partial charge in [0.1, 0.15) is 11.1 Å². The summed E-state index contributed by atoms with van der Waals surface area (Å²) in [5.41, 5.74) is 0.303. The Balaban J connectivity index is 2.15. The molecule has 0 aliphatic rings. The predicted octanol–water partition coefficient (Wildman–Crippen LogP) is 4.36. The number of hydrogen-bond donors (Lipinski definition) is 2. The van der Waals surface area contributed by atoms with E-state index >= 15 is 0 Å². The van der Waals surface area contributed by atoms with Crippen molar-refractivity contribution >= 4 is 46.6 Å². The predicted molar refractivity (Wildman–Crippen MR) is 111 cm³/mol. The van der Waals surface area contributed by atoms with Crippen LogP contribution in [0.3, 0.4) is 0 Å². The highest BCUT2D eigenvalue weighted by Gasteiger charge is 2.26. The fraction of sp³-hybridized carbons (Fsp3) is 0.263. The van der Waals surface area contributed by atoms with Crippen molar-refractivity contribution in [2.45, 2.75) is 24.8 Å². The Morgan fingerprint density at radius 1 is 1.14 bits per heavy atom. The van der Waals surface area contributed by atoms with Gasteiger partial charge in [0.25, 0.3) is 11.6 Å². The third kappa shape index (κ3) is 5.46. The first kappa shape index (κ1) is 21.7. The second-order valence-electron chi connectivity index (χ2n) is 6.34. The van der Waals surface area contributed by atoms with Crippen LogP contribution in [0.15, 0.2) is 47.4 Å². The second kappa shape index (κ2) is 9.57. The van der Waals surface area contributed by atoms with Gasteiger partial charge in [-0.2, -0.15) is 0 Å². The zero-order valence-corrected chi connectivity index (χ0v) is 17.1. The topological polar surface area (TPSA) is 101 Å². The third-order valence-electron chi connectivity index (χ3n) is 4.00. The number of rotatable bonds is 7. The molecule has 2 aromatic carbocycles. The highest BCUT2D eigenvalue weighted by atomic mass is 35.5. The Hall–Kier alpha value is -2.58. The third-order valence-corrected chi connectivity index (χ3v) is 5.06. The quantitative estimate of drug-likeness (QED) is 0.393. The molecule has 2 aromatic rings. The molecule has 0 saturated carbocycles. The van der Waals surface area contributed by atoms with Crippen LogP contribution in [-0.2, 0) is 4.79 Å². The number of thioether (sulfide) groups is 1. The van der Waals surface area contributed by atoms with Crippen LogP contribution in [-0.4, -0.2) is 29.0 Å². The number of benzene rings is 2. The van der Waals surface area contributed by atoms with Crippen molar-refractivity contribution in [3.8, 4) is 0 Å². The first-order valence-corrected chi connectivity index (χ1v) is 10.0. The molecule has 0 heterocycles. The molecule has 1 atom stereocenters. The minimum absolute atomic E-state index is 0.0545. The lowest BCUT2D eigenvalue weighted by atomic mass is 10.0. The summed E-state index contributed by atoms with van der Waals surface area (Å²) in [5, 5.41) is 16.4. The Bertz CT molecular complexity index is 887. The molecule has 0 fully saturated rings. The summed E-state index contributed by atoms with van der Waals surface area (Å²) in [6, 6.07) is 10.3. The molecular weight excluding hydrogens is 402 g/mol. The number of nitro groups is 1. The van der Waals surface area contributed by atoms with Gasteiger partial charge >= 0.3 is 0 Å². The standard InChI is InChI=1S/C19H20ClN3O4S/c1-11(2)17(19(25)21-13-5-7-14(28-3)8-6-13)22-18(24)12-4-9-15(20)16(10-12)23(26)27/h4-11,17H,1-3H3,(H,21,25)(H,22,24)/t17-/m0/s1. The van der Waals surface area contributed by atoms with Crippen LogP contribution in [0.4, 0.5) is 11.4 Å². The minimum atomic E-state index is -0.817. The summed E-state index contributed by atoms with van der Waals surface area (Å²) >= 11 is 7.37. The van der Waals surface area contributed by atoms with Crippen molar-refractivity contribution in [2.24, 2.45) is 5.92 Å². The van der Waals surface area contributed by atoms with Crippen molar-refractivity contribution in [3.63, 3.8) is 0 Å². The maximum absolute atomic E-state index is 12.6. The molecule has 148 valence electrons. The number of anilines is 1. The maximum atomic E-state index is 12.6.